The lowest BCUT2D eigenvalue weighted by atomic mass is 9.88. The van der Waals surface area contributed by atoms with Gasteiger partial charge in [-0.3, -0.25) is 0 Å². The molecule has 0 aliphatic carbocycles. The Labute approximate surface area is 114 Å². The average molecular weight is 267 g/mol. The summed E-state index contributed by atoms with van der Waals surface area (Å²) in [6.45, 7) is 5.63. The molecular formula is C15H22FNO2. The molecule has 2 rings (SSSR count). The molecule has 1 aliphatic heterocycles. The number of hydrogen-bond donors (Lipinski definition) is 1. The van der Waals surface area contributed by atoms with Crippen molar-refractivity contribution in [3.8, 4) is 5.75 Å². The molecule has 0 amide bonds. The Kier molecular flexibility index (Phi) is 4.77. The monoisotopic (exact) mass is 267 g/mol. The third-order valence-electron chi connectivity index (χ3n) is 3.84. The number of ether oxygens (including phenoxy) is 2. The molecule has 0 radical (unpaired) electrons. The molecule has 0 aromatic heterocycles. The Morgan fingerprint density at radius 1 is 1.53 bits per heavy atom. The zero-order chi connectivity index (χ0) is 13.8. The van der Waals surface area contributed by atoms with Crippen LogP contribution in [-0.4, -0.2) is 26.4 Å². The number of nitrogens with one attached hydrogen (secondary N) is 1. The van der Waals surface area contributed by atoms with Crippen LogP contribution in [0.4, 0.5) is 4.39 Å². The molecule has 0 saturated carbocycles. The molecule has 1 aromatic rings. The van der Waals surface area contributed by atoms with Crippen LogP contribution in [0.25, 0.3) is 0 Å². The highest BCUT2D eigenvalue weighted by Gasteiger charge is 2.34. The Morgan fingerprint density at radius 2 is 2.32 bits per heavy atom. The topological polar surface area (TPSA) is 30.5 Å². The van der Waals surface area contributed by atoms with Crippen molar-refractivity contribution in [2.75, 3.05) is 20.3 Å². The van der Waals surface area contributed by atoms with Gasteiger partial charge in [0.15, 0.2) is 11.6 Å². The van der Waals surface area contributed by atoms with E-state index < -0.39 is 0 Å². The van der Waals surface area contributed by atoms with Crippen LogP contribution in [0.15, 0.2) is 18.2 Å². The molecule has 4 heteroatoms. The van der Waals surface area contributed by atoms with Gasteiger partial charge >= 0.3 is 0 Å². The van der Waals surface area contributed by atoms with Crippen LogP contribution in [0.5, 0.6) is 5.75 Å². The summed E-state index contributed by atoms with van der Waals surface area (Å²) in [4.78, 5) is 0. The van der Waals surface area contributed by atoms with E-state index in [9.17, 15) is 4.39 Å². The zero-order valence-corrected chi connectivity index (χ0v) is 11.8. The quantitative estimate of drug-likeness (QED) is 0.889. The van der Waals surface area contributed by atoms with E-state index in [0.29, 0.717) is 17.2 Å². The van der Waals surface area contributed by atoms with Crippen LogP contribution >= 0.6 is 0 Å². The third-order valence-corrected chi connectivity index (χ3v) is 3.84. The minimum atomic E-state index is -0.268. The van der Waals surface area contributed by atoms with Gasteiger partial charge in [-0.2, -0.15) is 0 Å². The van der Waals surface area contributed by atoms with E-state index in [1.54, 1.807) is 6.07 Å². The SMILES string of the molecule is CCNC(c1cccc(OC)c1F)C1CCOC1C. The normalized spacial score (nSPS) is 24.4. The molecule has 3 nitrogen and oxygen atoms in total. The van der Waals surface area contributed by atoms with Crippen LogP contribution < -0.4 is 10.1 Å². The number of methoxy groups -OCH3 is 1. The maximum atomic E-state index is 14.4. The summed E-state index contributed by atoms with van der Waals surface area (Å²) in [6.07, 6.45) is 1.10. The van der Waals surface area contributed by atoms with E-state index in [0.717, 1.165) is 19.6 Å². The smallest absolute Gasteiger partial charge is 0.169 e. The second kappa shape index (κ2) is 6.35. The van der Waals surface area contributed by atoms with Gasteiger partial charge in [-0.15, -0.1) is 0 Å². The minimum Gasteiger partial charge on any atom is -0.494 e. The highest BCUT2D eigenvalue weighted by molar-refractivity contribution is 5.33. The highest BCUT2D eigenvalue weighted by Crippen LogP contribution is 2.36. The largest absolute Gasteiger partial charge is 0.494 e. The van der Waals surface area contributed by atoms with Crippen molar-refractivity contribution in [2.24, 2.45) is 5.92 Å². The van der Waals surface area contributed by atoms with Crippen molar-refractivity contribution in [1.29, 1.82) is 0 Å². The molecule has 3 unspecified atom stereocenters. The standard InChI is InChI=1S/C15H22FNO2/c1-4-17-15(11-8-9-19-10(11)2)12-6-5-7-13(18-3)14(12)16/h5-7,10-11,15,17H,4,8-9H2,1-3H3. The molecule has 3 atom stereocenters. The molecule has 1 fully saturated rings. The van der Waals surface area contributed by atoms with Crippen molar-refractivity contribution in [2.45, 2.75) is 32.4 Å². The van der Waals surface area contributed by atoms with Gasteiger partial charge in [-0.05, 0) is 26.0 Å². The second-order valence-corrected chi connectivity index (χ2v) is 4.93. The van der Waals surface area contributed by atoms with E-state index in [4.69, 9.17) is 9.47 Å². The Balaban J connectivity index is 2.33. The maximum absolute atomic E-state index is 14.4. The van der Waals surface area contributed by atoms with Gasteiger partial charge in [0, 0.05) is 24.1 Å². The number of benzene rings is 1. The molecular weight excluding hydrogens is 245 g/mol. The minimum absolute atomic E-state index is 0.0300. The van der Waals surface area contributed by atoms with E-state index >= 15 is 0 Å². The summed E-state index contributed by atoms with van der Waals surface area (Å²) in [6, 6.07) is 5.28. The fourth-order valence-electron chi connectivity index (χ4n) is 2.82. The van der Waals surface area contributed by atoms with Crippen LogP contribution in [0.3, 0.4) is 0 Å². The molecule has 19 heavy (non-hydrogen) atoms. The molecule has 0 spiro atoms. The van der Waals surface area contributed by atoms with Crippen LogP contribution in [0, 0.1) is 11.7 Å². The predicted octanol–water partition coefficient (Wildman–Crippen LogP) is 2.91. The van der Waals surface area contributed by atoms with Crippen LogP contribution in [-0.2, 0) is 4.74 Å². The molecule has 1 aliphatic rings. The number of rotatable bonds is 5. The van der Waals surface area contributed by atoms with Gasteiger partial charge in [-0.25, -0.2) is 4.39 Å². The van der Waals surface area contributed by atoms with E-state index in [-0.39, 0.29) is 18.0 Å². The Bertz CT molecular complexity index is 425. The lowest BCUT2D eigenvalue weighted by Crippen LogP contribution is -2.32. The zero-order valence-electron chi connectivity index (χ0n) is 11.8. The molecule has 1 aromatic carbocycles. The lowest BCUT2D eigenvalue weighted by Gasteiger charge is -2.27. The summed E-state index contributed by atoms with van der Waals surface area (Å²) < 4.78 is 25.1. The Morgan fingerprint density at radius 3 is 2.89 bits per heavy atom. The highest BCUT2D eigenvalue weighted by atomic mass is 19.1. The Hall–Kier alpha value is -1.13. The maximum Gasteiger partial charge on any atom is 0.169 e. The van der Waals surface area contributed by atoms with E-state index in [1.807, 2.05) is 19.1 Å². The van der Waals surface area contributed by atoms with Gasteiger partial charge < -0.3 is 14.8 Å². The molecule has 0 bridgehead atoms. The van der Waals surface area contributed by atoms with Gasteiger partial charge in [0.2, 0.25) is 0 Å². The van der Waals surface area contributed by atoms with Gasteiger partial charge in [0.25, 0.3) is 0 Å². The summed E-state index contributed by atoms with van der Waals surface area (Å²) in [5.74, 6) is 0.323. The van der Waals surface area contributed by atoms with Crippen molar-refractivity contribution in [1.82, 2.24) is 5.32 Å². The van der Waals surface area contributed by atoms with E-state index in [2.05, 4.69) is 12.2 Å². The van der Waals surface area contributed by atoms with Gasteiger partial charge in [0.1, 0.15) is 0 Å². The number of halogens is 1. The first-order valence-electron chi connectivity index (χ1n) is 6.86. The fourth-order valence-corrected chi connectivity index (χ4v) is 2.82. The first-order chi connectivity index (χ1) is 9.19. The van der Waals surface area contributed by atoms with Crippen molar-refractivity contribution >= 4 is 0 Å². The molecule has 106 valence electrons. The van der Waals surface area contributed by atoms with Crippen LogP contribution in [0.1, 0.15) is 31.9 Å². The second-order valence-electron chi connectivity index (χ2n) is 4.93. The van der Waals surface area contributed by atoms with Gasteiger partial charge in [0.05, 0.1) is 13.2 Å². The van der Waals surface area contributed by atoms with Gasteiger partial charge in [-0.1, -0.05) is 19.1 Å². The first-order valence-corrected chi connectivity index (χ1v) is 6.86. The van der Waals surface area contributed by atoms with E-state index in [1.165, 1.54) is 7.11 Å². The lowest BCUT2D eigenvalue weighted by molar-refractivity contribution is 0.0951. The summed E-state index contributed by atoms with van der Waals surface area (Å²) in [5.41, 5.74) is 0.670. The average Bonchev–Trinajstić information content (AvgIpc) is 2.83. The first kappa shape index (κ1) is 14.3. The molecule has 1 saturated heterocycles. The molecule has 1 N–H and O–H groups in total. The van der Waals surface area contributed by atoms with Crippen molar-refractivity contribution < 1.29 is 13.9 Å². The predicted molar refractivity (Wildman–Crippen MR) is 72.9 cm³/mol. The number of hydrogen-bond acceptors (Lipinski definition) is 3. The molecule has 1 heterocycles. The van der Waals surface area contributed by atoms with Crippen LogP contribution in [0.2, 0.25) is 0 Å². The summed E-state index contributed by atoms with van der Waals surface area (Å²) in [5, 5.41) is 3.39. The van der Waals surface area contributed by atoms with Crippen molar-refractivity contribution in [3.63, 3.8) is 0 Å². The fraction of sp³-hybridized carbons (Fsp3) is 0.600. The van der Waals surface area contributed by atoms with Crippen molar-refractivity contribution in [3.05, 3.63) is 29.6 Å². The summed E-state index contributed by atoms with van der Waals surface area (Å²) >= 11 is 0. The third kappa shape index (κ3) is 2.90. The summed E-state index contributed by atoms with van der Waals surface area (Å²) in [7, 11) is 1.49.